The molecule has 2 aliphatic heterocycles. The number of aliphatic hydroxyl groups excluding tert-OH is 1. The molecule has 3 heterocycles. The van der Waals surface area contributed by atoms with Crippen molar-refractivity contribution in [1.82, 2.24) is 9.47 Å². The normalized spacial score (nSPS) is 21.5. The van der Waals surface area contributed by atoms with Crippen molar-refractivity contribution in [3.05, 3.63) is 123 Å². The summed E-state index contributed by atoms with van der Waals surface area (Å²) >= 11 is 6.54. The predicted octanol–water partition coefficient (Wildman–Crippen LogP) is 6.23. The Balaban J connectivity index is 1.35. The minimum atomic E-state index is -3.55. The molecule has 50 heavy (non-hydrogen) atoms. The zero-order chi connectivity index (χ0) is 35.8. The van der Waals surface area contributed by atoms with Crippen LogP contribution in [0, 0.1) is 5.92 Å². The average molecular weight is 718 g/mol. The Bertz CT molecular complexity index is 1950. The Morgan fingerprint density at radius 2 is 1.78 bits per heavy atom. The van der Waals surface area contributed by atoms with Crippen LogP contribution in [-0.2, 0) is 33.0 Å². The lowest BCUT2D eigenvalue weighted by molar-refractivity contribution is -0.150. The van der Waals surface area contributed by atoms with Crippen molar-refractivity contribution in [1.29, 1.82) is 0 Å². The number of halogens is 2. The minimum absolute atomic E-state index is 0.106. The van der Waals surface area contributed by atoms with Gasteiger partial charge >= 0.3 is 0 Å². The highest BCUT2D eigenvalue weighted by Crippen LogP contribution is 2.60. The number of pyridine rings is 1. The number of methoxy groups -OCH3 is 1. The largest absolute Gasteiger partial charge is 0.491 e. The summed E-state index contributed by atoms with van der Waals surface area (Å²) in [6.45, 7) is 5.31. The molecule has 0 saturated carbocycles. The van der Waals surface area contributed by atoms with E-state index in [1.165, 1.54) is 11.7 Å². The fraction of sp³-hybridized carbons (Fsp3) is 0.342. The van der Waals surface area contributed by atoms with E-state index in [2.05, 4.69) is 0 Å². The molecular weight excluding hydrogens is 677 g/mol. The fourth-order valence-corrected chi connectivity index (χ4v) is 10.4. The lowest BCUT2D eigenvalue weighted by Gasteiger charge is -2.31. The molecule has 0 unspecified atom stereocenters. The second-order valence-electron chi connectivity index (χ2n) is 13.5. The Labute approximate surface area is 297 Å². The van der Waals surface area contributed by atoms with Gasteiger partial charge in [0.1, 0.15) is 0 Å². The average Bonchev–Trinajstić information content (AvgIpc) is 3.51. The van der Waals surface area contributed by atoms with E-state index in [1.54, 1.807) is 65.5 Å². The number of ether oxygens (including phenoxy) is 2. The number of carbonyl (C=O) groups excluding carboxylic acids is 2. The zero-order valence-corrected chi connectivity index (χ0v) is 30.3. The van der Waals surface area contributed by atoms with Gasteiger partial charge in [0.05, 0.1) is 38.5 Å². The van der Waals surface area contributed by atoms with Crippen molar-refractivity contribution in [2.75, 3.05) is 25.2 Å². The third-order valence-corrected chi connectivity index (χ3v) is 12.6. The number of carbonyl (C=O) groups is 2. The number of benzene rings is 3. The fourth-order valence-electron chi connectivity index (χ4n) is 7.71. The third kappa shape index (κ3) is 6.50. The molecule has 4 atom stereocenters. The number of fused-ring (bicyclic) bond motifs is 2. The summed E-state index contributed by atoms with van der Waals surface area (Å²) in [6.07, 6.45) is 0.613. The number of hydrogen-bond acceptors (Lipinski definition) is 6. The molecule has 1 aromatic heterocycles. The zero-order valence-electron chi connectivity index (χ0n) is 28.5. The van der Waals surface area contributed by atoms with E-state index < -0.39 is 31.6 Å². The van der Waals surface area contributed by atoms with Gasteiger partial charge in [-0.3, -0.25) is 19.0 Å². The van der Waals surface area contributed by atoms with Gasteiger partial charge in [0, 0.05) is 47.0 Å². The van der Waals surface area contributed by atoms with E-state index in [1.807, 2.05) is 55.5 Å². The Hall–Kier alpha value is -4.29. The van der Waals surface area contributed by atoms with E-state index in [4.69, 9.17) is 21.1 Å². The predicted molar refractivity (Wildman–Crippen MR) is 193 cm³/mol. The molecule has 9 nitrogen and oxygen atoms in total. The maximum atomic E-state index is 16.4. The van der Waals surface area contributed by atoms with E-state index in [0.717, 1.165) is 11.1 Å². The Kier molecular flexibility index (Phi) is 10.1. The monoisotopic (exact) mass is 717 g/mol. The van der Waals surface area contributed by atoms with Crippen LogP contribution in [0.25, 0.3) is 5.69 Å². The molecule has 1 spiro atoms. The summed E-state index contributed by atoms with van der Waals surface area (Å²) in [4.78, 5) is 44.8. The van der Waals surface area contributed by atoms with Crippen LogP contribution in [0.1, 0.15) is 30.0 Å². The van der Waals surface area contributed by atoms with Gasteiger partial charge in [-0.05, 0) is 66.7 Å². The van der Waals surface area contributed by atoms with Crippen LogP contribution < -0.4 is 15.2 Å². The number of anilines is 1. The smallest absolute Gasteiger partial charge is 0.297 e. The summed E-state index contributed by atoms with van der Waals surface area (Å²) < 4.78 is 29.9. The van der Waals surface area contributed by atoms with Gasteiger partial charge in [0.2, 0.25) is 14.3 Å². The van der Waals surface area contributed by atoms with E-state index in [0.29, 0.717) is 22.0 Å². The van der Waals surface area contributed by atoms with Crippen molar-refractivity contribution in [3.8, 4) is 11.4 Å². The van der Waals surface area contributed by atoms with Gasteiger partial charge in [-0.25, -0.2) is 0 Å². The molecule has 6 rings (SSSR count). The molecule has 0 aliphatic carbocycles. The second-order valence-corrected chi connectivity index (χ2v) is 17.7. The SMILES string of the molecule is COc1cccn(-c2cccc(CN3C(=O)[C@@]4(O[C@@H](CC(=O)N(CCO)Cc5ccccc5)[C@H]([Si](C)(C)F)[C@H]4C)c4cc(Cl)ccc43)c2)c1=O. The first-order valence-corrected chi connectivity index (χ1v) is 20.0. The van der Waals surface area contributed by atoms with Crippen molar-refractivity contribution in [3.63, 3.8) is 0 Å². The minimum Gasteiger partial charge on any atom is -0.491 e. The number of hydrogen-bond donors (Lipinski definition) is 1. The quantitative estimate of drug-likeness (QED) is 0.146. The number of amides is 2. The molecule has 4 aromatic rings. The molecule has 3 aromatic carbocycles. The van der Waals surface area contributed by atoms with Crippen molar-refractivity contribution in [2.24, 2.45) is 5.92 Å². The van der Waals surface area contributed by atoms with E-state index in [-0.39, 0.29) is 55.8 Å². The van der Waals surface area contributed by atoms with Crippen molar-refractivity contribution < 1.29 is 28.3 Å². The van der Waals surface area contributed by atoms with Gasteiger partial charge in [-0.15, -0.1) is 0 Å². The molecule has 0 bridgehead atoms. The van der Waals surface area contributed by atoms with Gasteiger partial charge < -0.3 is 28.5 Å². The Morgan fingerprint density at radius 1 is 1.04 bits per heavy atom. The molecule has 1 N–H and O–H groups in total. The molecule has 2 aliphatic rings. The summed E-state index contributed by atoms with van der Waals surface area (Å²) in [5.74, 6) is -1.07. The van der Waals surface area contributed by atoms with Crippen LogP contribution in [-0.4, -0.2) is 61.2 Å². The van der Waals surface area contributed by atoms with Gasteiger partial charge in [-0.1, -0.05) is 61.0 Å². The first-order valence-electron chi connectivity index (χ1n) is 16.6. The number of aliphatic hydroxyl groups is 1. The van der Waals surface area contributed by atoms with Gasteiger partial charge in [0.25, 0.3) is 11.5 Å². The lowest BCUT2D eigenvalue weighted by Crippen LogP contribution is -2.45. The maximum absolute atomic E-state index is 16.4. The number of aromatic nitrogens is 1. The molecular formula is C38H41ClFN3O6Si. The van der Waals surface area contributed by atoms with Crippen LogP contribution in [0.5, 0.6) is 5.75 Å². The molecule has 1 fully saturated rings. The van der Waals surface area contributed by atoms with Gasteiger partial charge in [0.15, 0.2) is 11.4 Å². The first-order chi connectivity index (χ1) is 23.9. The molecule has 1 saturated heterocycles. The summed E-state index contributed by atoms with van der Waals surface area (Å²) in [7, 11) is -2.11. The Morgan fingerprint density at radius 3 is 2.48 bits per heavy atom. The standard InChI is InChI=1S/C38H41ClFN3O6Si/c1-25-35(50(3,4)40)33(22-34(45)41(18-19-44)23-26-10-6-5-7-11-26)49-38(25)30-21-28(39)15-16-31(30)43(37(38)47)24-27-12-8-13-29(20-27)42-17-9-14-32(48-2)36(42)46/h5-17,20-21,25,33,35,44H,18-19,22-24H2,1-4H3/t25-,33+,35-,38+/m1/s1. The van der Waals surface area contributed by atoms with Crippen LogP contribution in [0.2, 0.25) is 23.7 Å². The molecule has 262 valence electrons. The van der Waals surface area contributed by atoms with Crippen LogP contribution in [0.4, 0.5) is 9.80 Å². The molecule has 12 heteroatoms. The van der Waals surface area contributed by atoms with E-state index >= 15 is 4.11 Å². The van der Waals surface area contributed by atoms with Gasteiger partial charge in [-0.2, -0.15) is 0 Å². The maximum Gasteiger partial charge on any atom is 0.297 e. The third-order valence-electron chi connectivity index (χ3n) is 9.90. The molecule has 2 amide bonds. The molecule has 0 radical (unpaired) electrons. The second kappa shape index (κ2) is 14.1. The van der Waals surface area contributed by atoms with Crippen LogP contribution >= 0.6 is 11.6 Å². The lowest BCUT2D eigenvalue weighted by atomic mass is 9.82. The van der Waals surface area contributed by atoms with E-state index in [9.17, 15) is 19.5 Å². The summed E-state index contributed by atoms with van der Waals surface area (Å²) in [5.41, 5.74) is 0.783. The van der Waals surface area contributed by atoms with Crippen molar-refractivity contribution in [2.45, 2.75) is 56.8 Å². The van der Waals surface area contributed by atoms with Crippen LogP contribution in [0.3, 0.4) is 0 Å². The highest BCUT2D eigenvalue weighted by atomic mass is 35.5. The number of nitrogens with zero attached hydrogens (tertiary/aromatic N) is 3. The highest BCUT2D eigenvalue weighted by molar-refractivity contribution is 6.72. The topological polar surface area (TPSA) is 101 Å². The van der Waals surface area contributed by atoms with Crippen molar-refractivity contribution >= 4 is 37.5 Å². The highest BCUT2D eigenvalue weighted by Gasteiger charge is 2.67. The number of rotatable bonds is 11. The summed E-state index contributed by atoms with van der Waals surface area (Å²) in [6, 6.07) is 25.3. The van der Waals surface area contributed by atoms with Crippen LogP contribution in [0.15, 0.2) is 95.9 Å². The summed E-state index contributed by atoms with van der Waals surface area (Å²) in [5, 5.41) is 10.2. The first kappa shape index (κ1) is 35.5.